The fourth-order valence-electron chi connectivity index (χ4n) is 3.67. The molecule has 2 unspecified atom stereocenters. The molecule has 0 saturated heterocycles. The van der Waals surface area contributed by atoms with Crippen LogP contribution in [0.4, 0.5) is 0 Å². The summed E-state index contributed by atoms with van der Waals surface area (Å²) in [6.07, 6.45) is 2.74. The molecule has 0 aromatic carbocycles. The molecule has 1 aromatic rings. The van der Waals surface area contributed by atoms with Crippen LogP contribution >= 0.6 is 34.5 Å². The number of allylic oxidation sites excluding steroid dienone is 2. The molecule has 166 valence electrons. The van der Waals surface area contributed by atoms with Gasteiger partial charge < -0.3 is 19.6 Å². The monoisotopic (exact) mass is 472 g/mol. The molecule has 1 N–H and O–H groups in total. The third-order valence-electron chi connectivity index (χ3n) is 5.28. The van der Waals surface area contributed by atoms with Gasteiger partial charge in [0.2, 0.25) is 0 Å². The molecule has 0 radical (unpaired) electrons. The number of aliphatic hydroxyl groups excluding tert-OH is 1. The van der Waals surface area contributed by atoms with Crippen molar-refractivity contribution in [3.05, 3.63) is 38.8 Å². The molecule has 3 atom stereocenters. The molecule has 1 aromatic heterocycles. The third-order valence-corrected chi connectivity index (χ3v) is 7.03. The van der Waals surface area contributed by atoms with Gasteiger partial charge in [-0.05, 0) is 64.2 Å². The molecule has 8 heteroatoms. The van der Waals surface area contributed by atoms with Crippen molar-refractivity contribution in [1.82, 2.24) is 4.90 Å². The molecule has 0 amide bonds. The van der Waals surface area contributed by atoms with Crippen molar-refractivity contribution in [1.29, 1.82) is 0 Å². The van der Waals surface area contributed by atoms with Crippen molar-refractivity contribution in [2.24, 2.45) is 11.1 Å². The van der Waals surface area contributed by atoms with Crippen molar-refractivity contribution in [3.8, 4) is 5.06 Å². The van der Waals surface area contributed by atoms with Gasteiger partial charge in [-0.3, -0.25) is 0 Å². The van der Waals surface area contributed by atoms with Crippen LogP contribution in [0.3, 0.4) is 0 Å². The molecule has 3 rings (SSSR count). The quantitative estimate of drug-likeness (QED) is 0.198. The van der Waals surface area contributed by atoms with Crippen LogP contribution in [-0.4, -0.2) is 40.2 Å². The number of halogens is 2. The fraction of sp³-hybridized carbons (Fsp3) is 0.591. The van der Waals surface area contributed by atoms with Gasteiger partial charge in [-0.15, -0.1) is 22.9 Å². The Morgan fingerprint density at radius 1 is 1.37 bits per heavy atom. The van der Waals surface area contributed by atoms with Crippen LogP contribution in [0.1, 0.15) is 51.5 Å². The molecule has 1 aliphatic carbocycles. The predicted octanol–water partition coefficient (Wildman–Crippen LogP) is 5.65. The molecule has 0 saturated carbocycles. The number of hydrogen-bond donors (Lipinski definition) is 1. The Morgan fingerprint density at radius 3 is 2.77 bits per heavy atom. The Bertz CT molecular complexity index is 861. The molecule has 0 bridgehead atoms. The van der Waals surface area contributed by atoms with Gasteiger partial charge in [0, 0.05) is 28.6 Å². The highest BCUT2D eigenvalue weighted by molar-refractivity contribution is 7.14. The van der Waals surface area contributed by atoms with Gasteiger partial charge in [0.15, 0.2) is 17.2 Å². The maximum Gasteiger partial charge on any atom is 0.195 e. The van der Waals surface area contributed by atoms with Crippen molar-refractivity contribution in [3.63, 3.8) is 0 Å². The average molecular weight is 473 g/mol. The van der Waals surface area contributed by atoms with Crippen molar-refractivity contribution < 1.29 is 14.7 Å². The van der Waals surface area contributed by atoms with Crippen LogP contribution in [-0.2, 0) is 17.8 Å². The van der Waals surface area contributed by atoms with Gasteiger partial charge in [-0.2, -0.15) is 0 Å². The highest BCUT2D eigenvalue weighted by Gasteiger charge is 2.30. The van der Waals surface area contributed by atoms with Crippen LogP contribution in [0.2, 0.25) is 0 Å². The van der Waals surface area contributed by atoms with Gasteiger partial charge in [0.25, 0.3) is 0 Å². The fourth-order valence-corrected chi connectivity index (χ4v) is 5.59. The molecule has 0 fully saturated rings. The van der Waals surface area contributed by atoms with Crippen LogP contribution in [0.25, 0.3) is 0 Å². The largest absolute Gasteiger partial charge is 0.456 e. The van der Waals surface area contributed by atoms with Gasteiger partial charge in [-0.25, -0.2) is 0 Å². The Hall–Kier alpha value is -1.21. The smallest absolute Gasteiger partial charge is 0.195 e. The summed E-state index contributed by atoms with van der Waals surface area (Å²) < 4.78 is 5.48. The van der Waals surface area contributed by atoms with Crippen molar-refractivity contribution >= 4 is 40.4 Å². The first-order chi connectivity index (χ1) is 14.2. The van der Waals surface area contributed by atoms with E-state index in [0.29, 0.717) is 11.6 Å². The number of oxime groups is 1. The zero-order valence-corrected chi connectivity index (χ0v) is 20.4. The molecular weight excluding hydrogens is 443 g/mol. The predicted molar refractivity (Wildman–Crippen MR) is 124 cm³/mol. The maximum atomic E-state index is 9.53. The summed E-state index contributed by atoms with van der Waals surface area (Å²) >= 11 is 14.8. The number of fused-ring (bicyclic) bond motifs is 1. The Kier molecular flexibility index (Phi) is 7.77. The number of nitrogens with zero attached hydrogens (tertiary/aromatic N) is 2. The molecule has 2 heterocycles. The summed E-state index contributed by atoms with van der Waals surface area (Å²) in [6.45, 7) is 11.3. The van der Waals surface area contributed by atoms with E-state index in [4.69, 9.17) is 32.8 Å². The molecule has 5 nitrogen and oxygen atoms in total. The molecular formula is C22H30Cl2N2O3S. The van der Waals surface area contributed by atoms with Gasteiger partial charge in [-0.1, -0.05) is 29.3 Å². The topological polar surface area (TPSA) is 54.3 Å². The number of amidine groups is 1. The van der Waals surface area contributed by atoms with E-state index < -0.39 is 6.29 Å². The Morgan fingerprint density at radius 2 is 2.10 bits per heavy atom. The second-order valence-electron chi connectivity index (χ2n) is 8.20. The van der Waals surface area contributed by atoms with Gasteiger partial charge in [0.05, 0.1) is 5.38 Å². The zero-order valence-electron chi connectivity index (χ0n) is 18.1. The molecule has 2 aliphatic rings. The van der Waals surface area contributed by atoms with E-state index >= 15 is 0 Å². The first-order valence-corrected chi connectivity index (χ1v) is 12.0. The van der Waals surface area contributed by atoms with E-state index in [0.717, 1.165) is 35.9 Å². The lowest BCUT2D eigenvalue weighted by Gasteiger charge is -2.31. The standard InChI is InChI=1S/C22H30Cl2N2O3S/c1-12(2)29-25-22(21-14(4)13(3)8-17(23)10-18(21)24)26-7-6-19-16(11-26)9-20(30-19)28-15(5)27/h9-10,12-13,15,17,27H,6-8,11H2,1-5H3/b25-22+/t13-,15?,17?/m0/s1. The van der Waals surface area contributed by atoms with Crippen LogP contribution in [0, 0.1) is 5.92 Å². The van der Waals surface area contributed by atoms with E-state index in [9.17, 15) is 5.11 Å². The maximum absolute atomic E-state index is 9.53. The number of hydrogen-bond acceptors (Lipinski definition) is 5. The lowest BCUT2D eigenvalue weighted by atomic mass is 9.94. The number of thiophene rings is 1. The Labute approximate surface area is 192 Å². The average Bonchev–Trinajstić information content (AvgIpc) is 3.00. The normalized spacial score (nSPS) is 23.8. The Balaban J connectivity index is 1.97. The third kappa shape index (κ3) is 5.52. The number of ether oxygens (including phenoxy) is 1. The van der Waals surface area contributed by atoms with Crippen LogP contribution < -0.4 is 4.74 Å². The summed E-state index contributed by atoms with van der Waals surface area (Å²) in [7, 11) is 0. The number of alkyl halides is 1. The first kappa shape index (κ1) is 23.5. The van der Waals surface area contributed by atoms with Crippen molar-refractivity contribution in [2.75, 3.05) is 6.54 Å². The van der Waals surface area contributed by atoms with E-state index in [1.165, 1.54) is 16.0 Å². The second kappa shape index (κ2) is 9.94. The van der Waals surface area contributed by atoms with Crippen LogP contribution in [0.5, 0.6) is 5.06 Å². The van der Waals surface area contributed by atoms with Gasteiger partial charge >= 0.3 is 0 Å². The minimum absolute atomic E-state index is 0.0415. The number of rotatable bonds is 5. The van der Waals surface area contributed by atoms with Crippen molar-refractivity contribution in [2.45, 2.75) is 71.8 Å². The minimum Gasteiger partial charge on any atom is -0.456 e. The summed E-state index contributed by atoms with van der Waals surface area (Å²) in [5.74, 6) is 1.03. The van der Waals surface area contributed by atoms with E-state index in [-0.39, 0.29) is 17.4 Å². The second-order valence-corrected chi connectivity index (χ2v) is 10.3. The summed E-state index contributed by atoms with van der Waals surface area (Å²) in [4.78, 5) is 9.17. The highest BCUT2D eigenvalue weighted by Crippen LogP contribution is 2.37. The molecule has 0 spiro atoms. The SMILES string of the molecule is CC1=C(/C(=N\OC(C)C)N2CCc3sc(OC(C)O)cc3C2)C(Cl)=CC(Cl)C[C@@H]1C. The number of aliphatic hydroxyl groups is 1. The summed E-state index contributed by atoms with van der Waals surface area (Å²) in [5.41, 5.74) is 3.25. The van der Waals surface area contributed by atoms with E-state index in [1.807, 2.05) is 26.0 Å². The summed E-state index contributed by atoms with van der Waals surface area (Å²) in [6, 6.07) is 2.00. The summed E-state index contributed by atoms with van der Waals surface area (Å²) in [5, 5.41) is 15.3. The lowest BCUT2D eigenvalue weighted by molar-refractivity contribution is 0.00260. The zero-order chi connectivity index (χ0) is 22.0. The minimum atomic E-state index is -0.828. The van der Waals surface area contributed by atoms with E-state index in [1.54, 1.807) is 18.3 Å². The van der Waals surface area contributed by atoms with Gasteiger partial charge in [0.1, 0.15) is 6.10 Å². The first-order valence-electron chi connectivity index (χ1n) is 10.3. The van der Waals surface area contributed by atoms with Crippen LogP contribution in [0.15, 0.2) is 33.5 Å². The molecule has 1 aliphatic heterocycles. The molecule has 30 heavy (non-hydrogen) atoms. The highest BCUT2D eigenvalue weighted by atomic mass is 35.5. The van der Waals surface area contributed by atoms with E-state index in [2.05, 4.69) is 23.9 Å². The lowest BCUT2D eigenvalue weighted by Crippen LogP contribution is -2.37.